The normalized spacial score (nSPS) is 15.5. The van der Waals surface area contributed by atoms with Crippen LogP contribution in [-0.4, -0.2) is 28.5 Å². The Morgan fingerprint density at radius 3 is 2.28 bits per heavy atom. The van der Waals surface area contributed by atoms with Crippen molar-refractivity contribution in [2.45, 2.75) is 66.5 Å². The molecule has 29 heavy (non-hydrogen) atoms. The number of hydrogen-bond donors (Lipinski definition) is 1. The van der Waals surface area contributed by atoms with E-state index in [9.17, 15) is 9.59 Å². The van der Waals surface area contributed by atoms with Crippen LogP contribution >= 0.6 is 0 Å². The molecule has 1 atom stereocenters. The van der Waals surface area contributed by atoms with Crippen molar-refractivity contribution >= 4 is 11.8 Å². The second-order valence-corrected chi connectivity index (χ2v) is 8.99. The standard InChI is InChI=1S/C24H30N2O3/c1-14-10-15(2)12-19(11-14)23(28)26(24(5,6)7)25-22(27)20-9-8-18-13-16(3)29-21(18)17(20)4/h8-12,16H,13H2,1-7H3,(H,25,27)/t16-/m1/s1. The maximum atomic E-state index is 13.3. The molecule has 0 spiro atoms. The summed E-state index contributed by atoms with van der Waals surface area (Å²) in [5.41, 5.74) is 7.25. The van der Waals surface area contributed by atoms with Crippen LogP contribution in [0, 0.1) is 20.8 Å². The summed E-state index contributed by atoms with van der Waals surface area (Å²) in [4.78, 5) is 26.4. The first-order valence-electron chi connectivity index (χ1n) is 10.0. The molecule has 154 valence electrons. The molecule has 3 rings (SSSR count). The van der Waals surface area contributed by atoms with Gasteiger partial charge in [0, 0.05) is 23.1 Å². The van der Waals surface area contributed by atoms with E-state index in [0.717, 1.165) is 34.4 Å². The highest BCUT2D eigenvalue weighted by Crippen LogP contribution is 2.34. The molecule has 0 aliphatic carbocycles. The lowest BCUT2D eigenvalue weighted by atomic mass is 10.0. The fourth-order valence-electron chi connectivity index (χ4n) is 3.78. The highest BCUT2D eigenvalue weighted by molar-refractivity contribution is 6.00. The van der Waals surface area contributed by atoms with Gasteiger partial charge in [-0.25, -0.2) is 5.01 Å². The number of nitrogens with one attached hydrogen (secondary N) is 1. The van der Waals surface area contributed by atoms with Crippen molar-refractivity contribution in [1.29, 1.82) is 0 Å². The van der Waals surface area contributed by atoms with Gasteiger partial charge in [0.15, 0.2) is 0 Å². The van der Waals surface area contributed by atoms with Crippen LogP contribution in [0.2, 0.25) is 0 Å². The number of aryl methyl sites for hydroxylation is 2. The van der Waals surface area contributed by atoms with Gasteiger partial charge < -0.3 is 4.74 Å². The number of hydrazine groups is 1. The Kier molecular flexibility index (Phi) is 5.44. The van der Waals surface area contributed by atoms with E-state index >= 15 is 0 Å². The highest BCUT2D eigenvalue weighted by atomic mass is 16.5. The smallest absolute Gasteiger partial charge is 0.272 e. The highest BCUT2D eigenvalue weighted by Gasteiger charge is 2.31. The van der Waals surface area contributed by atoms with Crippen LogP contribution in [0.5, 0.6) is 5.75 Å². The molecule has 0 aromatic heterocycles. The molecule has 1 aliphatic rings. The van der Waals surface area contributed by atoms with Gasteiger partial charge in [0.05, 0.1) is 5.54 Å². The Balaban J connectivity index is 1.91. The summed E-state index contributed by atoms with van der Waals surface area (Å²) in [5, 5.41) is 1.42. The van der Waals surface area contributed by atoms with Gasteiger partial charge in [-0.1, -0.05) is 23.3 Å². The summed E-state index contributed by atoms with van der Waals surface area (Å²) < 4.78 is 5.88. The lowest BCUT2D eigenvalue weighted by Gasteiger charge is -2.35. The van der Waals surface area contributed by atoms with Gasteiger partial charge in [-0.15, -0.1) is 0 Å². The molecule has 0 saturated heterocycles. The molecule has 2 amide bonds. The molecule has 0 fully saturated rings. The van der Waals surface area contributed by atoms with E-state index in [1.807, 2.05) is 78.8 Å². The SMILES string of the molecule is Cc1cc(C)cc(C(=O)N(NC(=O)c2ccc3c(c2C)O[C@H](C)C3)C(C)(C)C)c1. The summed E-state index contributed by atoms with van der Waals surface area (Å²) in [6, 6.07) is 9.46. The van der Waals surface area contributed by atoms with Crippen molar-refractivity contribution in [3.05, 3.63) is 63.7 Å². The molecule has 5 heteroatoms. The maximum absolute atomic E-state index is 13.3. The van der Waals surface area contributed by atoms with Crippen LogP contribution in [0.3, 0.4) is 0 Å². The topological polar surface area (TPSA) is 58.6 Å². The van der Waals surface area contributed by atoms with Gasteiger partial charge >= 0.3 is 0 Å². The molecule has 5 nitrogen and oxygen atoms in total. The quantitative estimate of drug-likeness (QED) is 0.762. The number of amides is 2. The number of nitrogens with zero attached hydrogens (tertiary/aromatic N) is 1. The van der Waals surface area contributed by atoms with Crippen molar-refractivity contribution < 1.29 is 14.3 Å². The second kappa shape index (κ2) is 7.54. The lowest BCUT2D eigenvalue weighted by Crippen LogP contribution is -2.56. The number of carbonyl (C=O) groups is 2. The number of fused-ring (bicyclic) bond motifs is 1. The first kappa shape index (κ1) is 20.9. The monoisotopic (exact) mass is 394 g/mol. The minimum Gasteiger partial charge on any atom is -0.490 e. The Labute approximate surface area is 173 Å². The van der Waals surface area contributed by atoms with Crippen LogP contribution in [0.25, 0.3) is 0 Å². The molecule has 2 aromatic rings. The molecule has 1 aliphatic heterocycles. The van der Waals surface area contributed by atoms with Crippen molar-refractivity contribution in [3.8, 4) is 5.75 Å². The minimum atomic E-state index is -0.597. The molecule has 1 heterocycles. The molecular weight excluding hydrogens is 364 g/mol. The van der Waals surface area contributed by atoms with Crippen molar-refractivity contribution in [3.63, 3.8) is 0 Å². The van der Waals surface area contributed by atoms with E-state index in [1.165, 1.54) is 5.01 Å². The van der Waals surface area contributed by atoms with E-state index in [0.29, 0.717) is 11.1 Å². The third kappa shape index (κ3) is 4.29. The fourth-order valence-corrected chi connectivity index (χ4v) is 3.78. The summed E-state index contributed by atoms with van der Waals surface area (Å²) in [6.07, 6.45) is 0.955. The zero-order valence-corrected chi connectivity index (χ0v) is 18.3. The summed E-state index contributed by atoms with van der Waals surface area (Å²) in [7, 11) is 0. The predicted molar refractivity (Wildman–Crippen MR) is 114 cm³/mol. The molecule has 2 aromatic carbocycles. The second-order valence-electron chi connectivity index (χ2n) is 8.99. The molecule has 0 bridgehead atoms. The molecule has 1 N–H and O–H groups in total. The molecule has 0 unspecified atom stereocenters. The number of hydrogen-bond acceptors (Lipinski definition) is 3. The first-order chi connectivity index (χ1) is 13.5. The summed E-state index contributed by atoms with van der Waals surface area (Å²) >= 11 is 0. The van der Waals surface area contributed by atoms with Gasteiger partial charge in [0.25, 0.3) is 11.8 Å². The van der Waals surface area contributed by atoms with Crippen LogP contribution < -0.4 is 10.2 Å². The number of rotatable bonds is 2. The Bertz CT molecular complexity index is 953. The first-order valence-corrected chi connectivity index (χ1v) is 10.0. The zero-order chi connectivity index (χ0) is 21.5. The van der Waals surface area contributed by atoms with Crippen molar-refractivity contribution in [1.82, 2.24) is 10.4 Å². The van der Waals surface area contributed by atoms with Crippen molar-refractivity contribution in [2.24, 2.45) is 0 Å². The van der Waals surface area contributed by atoms with Gasteiger partial charge in [-0.2, -0.15) is 0 Å². The average molecular weight is 395 g/mol. The Morgan fingerprint density at radius 1 is 1.07 bits per heavy atom. The van der Waals surface area contributed by atoms with Gasteiger partial charge in [-0.3, -0.25) is 15.0 Å². The van der Waals surface area contributed by atoms with Gasteiger partial charge in [0.2, 0.25) is 0 Å². The largest absolute Gasteiger partial charge is 0.490 e. The van der Waals surface area contributed by atoms with E-state index in [4.69, 9.17) is 4.74 Å². The minimum absolute atomic E-state index is 0.110. The van der Waals surface area contributed by atoms with E-state index in [-0.39, 0.29) is 17.9 Å². The van der Waals surface area contributed by atoms with Crippen LogP contribution in [0.1, 0.15) is 70.7 Å². The van der Waals surface area contributed by atoms with Crippen LogP contribution in [0.15, 0.2) is 30.3 Å². The Hall–Kier alpha value is -2.82. The van der Waals surface area contributed by atoms with Crippen molar-refractivity contribution in [2.75, 3.05) is 0 Å². The predicted octanol–water partition coefficient (Wildman–Crippen LogP) is 4.52. The maximum Gasteiger partial charge on any atom is 0.272 e. The number of carbonyl (C=O) groups excluding carboxylic acids is 2. The van der Waals surface area contributed by atoms with Gasteiger partial charge in [-0.05, 0) is 72.2 Å². The third-order valence-corrected chi connectivity index (χ3v) is 5.11. The fraction of sp³-hybridized carbons (Fsp3) is 0.417. The lowest BCUT2D eigenvalue weighted by molar-refractivity contribution is 0.0358. The average Bonchev–Trinajstić information content (AvgIpc) is 2.98. The van der Waals surface area contributed by atoms with E-state index < -0.39 is 5.54 Å². The Morgan fingerprint density at radius 2 is 1.69 bits per heavy atom. The van der Waals surface area contributed by atoms with Crippen LogP contribution in [0.4, 0.5) is 0 Å². The number of benzene rings is 2. The summed E-state index contributed by atoms with van der Waals surface area (Å²) in [5.74, 6) is 0.232. The number of ether oxygens (including phenoxy) is 1. The summed E-state index contributed by atoms with van der Waals surface area (Å²) in [6.45, 7) is 13.5. The molecule has 0 radical (unpaired) electrons. The molecular formula is C24H30N2O3. The third-order valence-electron chi connectivity index (χ3n) is 5.11. The van der Waals surface area contributed by atoms with Crippen LogP contribution in [-0.2, 0) is 6.42 Å². The van der Waals surface area contributed by atoms with E-state index in [1.54, 1.807) is 0 Å². The molecule has 0 saturated carbocycles. The zero-order valence-electron chi connectivity index (χ0n) is 18.3. The van der Waals surface area contributed by atoms with Gasteiger partial charge in [0.1, 0.15) is 11.9 Å². The van der Waals surface area contributed by atoms with E-state index in [2.05, 4.69) is 5.43 Å².